The van der Waals surface area contributed by atoms with Gasteiger partial charge in [0.2, 0.25) is 0 Å². The van der Waals surface area contributed by atoms with E-state index in [1.165, 1.54) is 25.7 Å². The second-order valence-corrected chi connectivity index (χ2v) is 6.20. The first-order valence-corrected chi connectivity index (χ1v) is 8.11. The molecule has 1 aliphatic carbocycles. The van der Waals surface area contributed by atoms with Crippen LogP contribution >= 0.6 is 24.8 Å². The van der Waals surface area contributed by atoms with E-state index in [-0.39, 0.29) is 24.8 Å². The fourth-order valence-corrected chi connectivity index (χ4v) is 3.88. The Labute approximate surface area is 151 Å². The van der Waals surface area contributed by atoms with E-state index in [1.54, 1.807) is 13.2 Å². The van der Waals surface area contributed by atoms with Crippen molar-refractivity contribution in [2.45, 2.75) is 31.7 Å². The summed E-state index contributed by atoms with van der Waals surface area (Å²) in [5.74, 6) is 1.90. The molecular weight excluding hydrogens is 335 g/mol. The molecule has 0 aromatic heterocycles. The predicted octanol–water partition coefficient (Wildman–Crippen LogP) is 3.38. The lowest BCUT2D eigenvalue weighted by atomic mass is 9.89. The van der Waals surface area contributed by atoms with Gasteiger partial charge in [-0.3, -0.25) is 4.90 Å². The van der Waals surface area contributed by atoms with Gasteiger partial charge in [0.05, 0.1) is 7.11 Å². The minimum Gasteiger partial charge on any atom is -0.508 e. The number of hydrogen-bond donors (Lipinski definition) is 2. The van der Waals surface area contributed by atoms with Crippen molar-refractivity contribution in [3.05, 3.63) is 23.8 Å². The number of nitrogens with zero attached hydrogens (tertiary/aromatic N) is 1. The molecule has 0 amide bonds. The minimum atomic E-state index is 0. The molecule has 3 rings (SSSR count). The number of rotatable bonds is 4. The number of halogens is 2. The lowest BCUT2D eigenvalue weighted by Gasteiger charge is -2.39. The average molecular weight is 363 g/mol. The van der Waals surface area contributed by atoms with Crippen molar-refractivity contribution < 1.29 is 9.84 Å². The van der Waals surface area contributed by atoms with Crippen LogP contribution < -0.4 is 10.1 Å². The van der Waals surface area contributed by atoms with Crippen LogP contribution in [0.1, 0.15) is 37.3 Å². The normalized spacial score (nSPS) is 20.4. The second-order valence-electron chi connectivity index (χ2n) is 6.20. The second kappa shape index (κ2) is 9.58. The number of nitrogens with one attached hydrogen (secondary N) is 1. The van der Waals surface area contributed by atoms with Crippen molar-refractivity contribution in [2.24, 2.45) is 5.92 Å². The van der Waals surface area contributed by atoms with Crippen LogP contribution in [0.4, 0.5) is 0 Å². The van der Waals surface area contributed by atoms with E-state index in [4.69, 9.17) is 4.74 Å². The van der Waals surface area contributed by atoms with E-state index < -0.39 is 0 Å². The Morgan fingerprint density at radius 3 is 2.43 bits per heavy atom. The van der Waals surface area contributed by atoms with Crippen LogP contribution in [-0.2, 0) is 0 Å². The van der Waals surface area contributed by atoms with Gasteiger partial charge in [0.1, 0.15) is 11.5 Å². The van der Waals surface area contributed by atoms with Crippen LogP contribution in [0.15, 0.2) is 18.2 Å². The van der Waals surface area contributed by atoms with Crippen LogP contribution in [0.25, 0.3) is 0 Å². The highest BCUT2D eigenvalue weighted by atomic mass is 35.5. The van der Waals surface area contributed by atoms with Crippen molar-refractivity contribution >= 4 is 24.8 Å². The van der Waals surface area contributed by atoms with E-state index in [0.29, 0.717) is 17.7 Å². The number of hydrogen-bond acceptors (Lipinski definition) is 4. The van der Waals surface area contributed by atoms with Gasteiger partial charge in [-0.25, -0.2) is 0 Å². The first-order valence-electron chi connectivity index (χ1n) is 8.11. The van der Waals surface area contributed by atoms with Crippen LogP contribution in [0.2, 0.25) is 0 Å². The molecule has 1 saturated carbocycles. The Bertz CT molecular complexity index is 476. The maximum absolute atomic E-state index is 10.4. The number of aromatic hydroxyl groups is 1. The highest BCUT2D eigenvalue weighted by Gasteiger charge is 2.33. The van der Waals surface area contributed by atoms with Gasteiger partial charge >= 0.3 is 0 Å². The molecule has 0 bridgehead atoms. The molecule has 0 unspecified atom stereocenters. The monoisotopic (exact) mass is 362 g/mol. The molecule has 23 heavy (non-hydrogen) atoms. The Morgan fingerprint density at radius 2 is 1.83 bits per heavy atom. The topological polar surface area (TPSA) is 44.7 Å². The molecule has 132 valence electrons. The van der Waals surface area contributed by atoms with Gasteiger partial charge in [-0.2, -0.15) is 0 Å². The fraction of sp³-hybridized carbons (Fsp3) is 0.647. The van der Waals surface area contributed by atoms with E-state index >= 15 is 0 Å². The number of phenolic OH excluding ortho intramolecular Hbond substituents is 1. The molecule has 1 aromatic carbocycles. The van der Waals surface area contributed by atoms with Gasteiger partial charge in [0, 0.05) is 37.8 Å². The predicted molar refractivity (Wildman–Crippen MR) is 98.3 cm³/mol. The third-order valence-corrected chi connectivity index (χ3v) is 4.94. The zero-order valence-electron chi connectivity index (χ0n) is 13.7. The summed E-state index contributed by atoms with van der Waals surface area (Å²) in [5, 5.41) is 13.8. The SMILES string of the molecule is COc1ccc(O)c([C@@H](C2CCCC2)N2CCNCC2)c1.Cl.Cl. The number of phenols is 1. The lowest BCUT2D eigenvalue weighted by Crippen LogP contribution is -2.46. The summed E-state index contributed by atoms with van der Waals surface area (Å²) in [7, 11) is 1.69. The van der Waals surface area contributed by atoms with Gasteiger partial charge in [0.15, 0.2) is 0 Å². The fourth-order valence-electron chi connectivity index (χ4n) is 3.88. The van der Waals surface area contributed by atoms with Crippen molar-refractivity contribution in [1.29, 1.82) is 0 Å². The van der Waals surface area contributed by atoms with E-state index in [1.807, 2.05) is 12.1 Å². The molecule has 4 nitrogen and oxygen atoms in total. The summed E-state index contributed by atoms with van der Waals surface area (Å²) >= 11 is 0. The van der Waals surface area contributed by atoms with Gasteiger partial charge in [-0.15, -0.1) is 24.8 Å². The van der Waals surface area contributed by atoms with Crippen LogP contribution in [0.3, 0.4) is 0 Å². The molecule has 1 heterocycles. The maximum atomic E-state index is 10.4. The Morgan fingerprint density at radius 1 is 1.17 bits per heavy atom. The Balaban J connectivity index is 0.00000132. The lowest BCUT2D eigenvalue weighted by molar-refractivity contribution is 0.123. The summed E-state index contributed by atoms with van der Waals surface area (Å²) in [6, 6.07) is 5.96. The Hall–Kier alpha value is -0.680. The van der Waals surface area contributed by atoms with Gasteiger partial charge in [-0.05, 0) is 37.0 Å². The summed E-state index contributed by atoms with van der Waals surface area (Å²) < 4.78 is 5.37. The van der Waals surface area contributed by atoms with Gasteiger partial charge < -0.3 is 15.2 Å². The first kappa shape index (κ1) is 20.4. The molecule has 0 radical (unpaired) electrons. The summed E-state index contributed by atoms with van der Waals surface area (Å²) in [4.78, 5) is 2.54. The van der Waals surface area contributed by atoms with Crippen LogP contribution in [0.5, 0.6) is 11.5 Å². The van der Waals surface area contributed by atoms with Gasteiger partial charge in [-0.1, -0.05) is 12.8 Å². The van der Waals surface area contributed by atoms with Crippen LogP contribution in [-0.4, -0.2) is 43.3 Å². The first-order chi connectivity index (χ1) is 10.3. The van der Waals surface area contributed by atoms with Crippen molar-refractivity contribution in [3.63, 3.8) is 0 Å². The molecule has 2 fully saturated rings. The van der Waals surface area contributed by atoms with Crippen molar-refractivity contribution in [2.75, 3.05) is 33.3 Å². The third kappa shape index (κ3) is 4.66. The standard InChI is InChI=1S/C17H26N2O2.2ClH/c1-21-14-6-7-16(20)15(12-14)17(13-4-2-3-5-13)19-10-8-18-9-11-19;;/h6-7,12-13,17-18,20H,2-5,8-11H2,1H3;2*1H/t17-;;/m1../s1. The molecular formula is C17H28Cl2N2O2. The van der Waals surface area contributed by atoms with E-state index in [9.17, 15) is 5.11 Å². The van der Waals surface area contributed by atoms with Crippen molar-refractivity contribution in [1.82, 2.24) is 10.2 Å². The van der Waals surface area contributed by atoms with Crippen molar-refractivity contribution in [3.8, 4) is 11.5 Å². The average Bonchev–Trinajstić information content (AvgIpc) is 3.04. The summed E-state index contributed by atoms with van der Waals surface area (Å²) in [5.41, 5.74) is 1.04. The minimum absolute atomic E-state index is 0. The summed E-state index contributed by atoms with van der Waals surface area (Å²) in [6.45, 7) is 4.18. The Kier molecular flexibility index (Phi) is 8.48. The molecule has 2 aliphatic rings. The molecule has 0 spiro atoms. The number of methoxy groups -OCH3 is 1. The quantitative estimate of drug-likeness (QED) is 0.861. The van der Waals surface area contributed by atoms with Crippen LogP contribution in [0, 0.1) is 5.92 Å². The summed E-state index contributed by atoms with van der Waals surface area (Å²) in [6.07, 6.45) is 5.17. The van der Waals surface area contributed by atoms with E-state index in [0.717, 1.165) is 37.5 Å². The number of piperazine rings is 1. The molecule has 1 aliphatic heterocycles. The molecule has 1 aromatic rings. The zero-order chi connectivity index (χ0) is 14.7. The zero-order valence-corrected chi connectivity index (χ0v) is 15.3. The van der Waals surface area contributed by atoms with Gasteiger partial charge in [0.25, 0.3) is 0 Å². The molecule has 1 saturated heterocycles. The number of benzene rings is 1. The largest absolute Gasteiger partial charge is 0.508 e. The number of ether oxygens (including phenoxy) is 1. The highest BCUT2D eigenvalue weighted by Crippen LogP contribution is 2.43. The molecule has 2 N–H and O–H groups in total. The highest BCUT2D eigenvalue weighted by molar-refractivity contribution is 5.85. The maximum Gasteiger partial charge on any atom is 0.120 e. The molecule has 1 atom stereocenters. The molecule has 6 heteroatoms. The smallest absolute Gasteiger partial charge is 0.120 e. The third-order valence-electron chi connectivity index (χ3n) is 4.94. The van der Waals surface area contributed by atoms with E-state index in [2.05, 4.69) is 10.2 Å².